The van der Waals surface area contributed by atoms with Crippen LogP contribution in [-0.2, 0) is 0 Å². The summed E-state index contributed by atoms with van der Waals surface area (Å²) < 4.78 is 15.9. The minimum absolute atomic E-state index is 0.258. The number of hydrogen-bond acceptors (Lipinski definition) is 6. The molecule has 0 atom stereocenters. The van der Waals surface area contributed by atoms with Crippen molar-refractivity contribution in [2.75, 3.05) is 59.1 Å². The minimum atomic E-state index is -0.258. The van der Waals surface area contributed by atoms with Gasteiger partial charge in [-0.05, 0) is 63.5 Å². The second-order valence-electron chi connectivity index (χ2n) is 6.53. The number of carbonyl (C=O) groups is 1. The van der Waals surface area contributed by atoms with Crippen molar-refractivity contribution < 1.29 is 19.0 Å². The van der Waals surface area contributed by atoms with Gasteiger partial charge in [0.15, 0.2) is 11.5 Å². The molecular weight excluding hydrogens is 358 g/mol. The Morgan fingerprint density at radius 3 is 2.00 bits per heavy atom. The zero-order chi connectivity index (χ0) is 20.5. The Balaban J connectivity index is 2.02. The monoisotopic (exact) mass is 387 g/mol. The largest absolute Gasteiger partial charge is 0.493 e. The first kappa shape index (κ1) is 21.4. The summed E-state index contributed by atoms with van der Waals surface area (Å²) in [6.45, 7) is 1.94. The van der Waals surface area contributed by atoms with Crippen LogP contribution in [0.4, 0.5) is 11.4 Å². The maximum atomic E-state index is 12.6. The second kappa shape index (κ2) is 10.4. The Bertz CT molecular complexity index is 751. The Morgan fingerprint density at radius 1 is 0.929 bits per heavy atom. The molecule has 0 unspecified atom stereocenters. The Labute approximate surface area is 166 Å². The fraction of sp³-hybridized carbons (Fsp3) is 0.381. The van der Waals surface area contributed by atoms with Gasteiger partial charge in [0.05, 0.1) is 21.3 Å². The van der Waals surface area contributed by atoms with E-state index in [1.165, 1.54) is 21.3 Å². The van der Waals surface area contributed by atoms with Crippen LogP contribution in [0.15, 0.2) is 36.4 Å². The molecule has 0 aliphatic heterocycles. The lowest BCUT2D eigenvalue weighted by atomic mass is 10.1. The molecule has 0 aliphatic carbocycles. The van der Waals surface area contributed by atoms with Crippen molar-refractivity contribution >= 4 is 17.3 Å². The van der Waals surface area contributed by atoms with Gasteiger partial charge in [0.2, 0.25) is 5.75 Å². The summed E-state index contributed by atoms with van der Waals surface area (Å²) in [6.07, 6.45) is 1.06. The van der Waals surface area contributed by atoms with Crippen molar-refractivity contribution in [3.63, 3.8) is 0 Å². The number of nitrogens with zero attached hydrogens (tertiary/aromatic N) is 1. The highest BCUT2D eigenvalue weighted by molar-refractivity contribution is 6.05. The first-order valence-corrected chi connectivity index (χ1v) is 9.08. The van der Waals surface area contributed by atoms with Gasteiger partial charge in [0, 0.05) is 23.5 Å². The van der Waals surface area contributed by atoms with Crippen LogP contribution in [0.25, 0.3) is 0 Å². The smallest absolute Gasteiger partial charge is 0.255 e. The quantitative estimate of drug-likeness (QED) is 0.610. The van der Waals surface area contributed by atoms with Crippen molar-refractivity contribution in [1.29, 1.82) is 0 Å². The van der Waals surface area contributed by atoms with Gasteiger partial charge in [-0.3, -0.25) is 4.79 Å². The Kier molecular flexibility index (Phi) is 7.95. The van der Waals surface area contributed by atoms with E-state index in [2.05, 4.69) is 29.6 Å². The first-order chi connectivity index (χ1) is 13.5. The van der Waals surface area contributed by atoms with Gasteiger partial charge in [-0.15, -0.1) is 0 Å². The van der Waals surface area contributed by atoms with Gasteiger partial charge in [0.1, 0.15) is 0 Å². The average molecular weight is 387 g/mol. The third-order valence-corrected chi connectivity index (χ3v) is 4.18. The maximum absolute atomic E-state index is 12.6. The normalized spacial score (nSPS) is 10.5. The number of carbonyl (C=O) groups excluding carboxylic acids is 1. The van der Waals surface area contributed by atoms with Crippen LogP contribution in [0.3, 0.4) is 0 Å². The van der Waals surface area contributed by atoms with Gasteiger partial charge in [-0.2, -0.15) is 0 Å². The number of hydrogen-bond donors (Lipinski definition) is 2. The summed E-state index contributed by atoms with van der Waals surface area (Å²) in [5.74, 6) is 1.06. The molecule has 7 heteroatoms. The molecule has 0 spiro atoms. The number of anilines is 2. The molecule has 2 aromatic rings. The van der Waals surface area contributed by atoms with E-state index >= 15 is 0 Å². The average Bonchev–Trinajstić information content (AvgIpc) is 2.70. The van der Waals surface area contributed by atoms with Gasteiger partial charge in [-0.1, -0.05) is 0 Å². The molecule has 28 heavy (non-hydrogen) atoms. The zero-order valence-corrected chi connectivity index (χ0v) is 17.2. The predicted molar refractivity (Wildman–Crippen MR) is 112 cm³/mol. The summed E-state index contributed by atoms with van der Waals surface area (Å²) in [5.41, 5.74) is 2.14. The maximum Gasteiger partial charge on any atom is 0.255 e. The molecule has 7 nitrogen and oxygen atoms in total. The van der Waals surface area contributed by atoms with Crippen LogP contribution < -0.4 is 24.8 Å². The summed E-state index contributed by atoms with van der Waals surface area (Å²) in [6, 6.07) is 10.9. The van der Waals surface area contributed by atoms with E-state index in [0.29, 0.717) is 28.5 Å². The molecule has 2 N–H and O–H groups in total. The molecule has 152 valence electrons. The van der Waals surface area contributed by atoms with Gasteiger partial charge in [0.25, 0.3) is 5.91 Å². The molecular formula is C21H29N3O4. The van der Waals surface area contributed by atoms with Gasteiger partial charge in [-0.25, -0.2) is 0 Å². The highest BCUT2D eigenvalue weighted by Gasteiger charge is 2.17. The molecule has 0 aromatic heterocycles. The molecule has 2 aromatic carbocycles. The Hall–Kier alpha value is -2.93. The number of ether oxygens (including phenoxy) is 3. The number of nitrogens with one attached hydrogen (secondary N) is 2. The fourth-order valence-corrected chi connectivity index (χ4v) is 2.71. The summed E-state index contributed by atoms with van der Waals surface area (Å²) in [5, 5.41) is 6.25. The van der Waals surface area contributed by atoms with E-state index < -0.39 is 0 Å². The van der Waals surface area contributed by atoms with Crippen LogP contribution in [-0.4, -0.2) is 59.3 Å². The number of methoxy groups -OCH3 is 3. The van der Waals surface area contributed by atoms with Crippen LogP contribution in [0.1, 0.15) is 16.8 Å². The standard InChI is InChI=1S/C21H29N3O4/c1-24(2)12-6-11-22-16-7-9-17(10-8-16)23-21(25)15-13-18(26-3)20(28-5)19(14-15)27-4/h7-10,13-14,22H,6,11-12H2,1-5H3,(H,23,25). The molecule has 0 fully saturated rings. The first-order valence-electron chi connectivity index (χ1n) is 9.08. The van der Waals surface area contributed by atoms with E-state index in [-0.39, 0.29) is 5.91 Å². The molecule has 0 saturated heterocycles. The number of amides is 1. The molecule has 0 bridgehead atoms. The van der Waals surface area contributed by atoms with Crippen molar-refractivity contribution in [3.8, 4) is 17.2 Å². The highest BCUT2D eigenvalue weighted by atomic mass is 16.5. The van der Waals surface area contributed by atoms with E-state index in [9.17, 15) is 4.79 Å². The fourth-order valence-electron chi connectivity index (χ4n) is 2.71. The minimum Gasteiger partial charge on any atom is -0.493 e. The number of rotatable bonds is 10. The summed E-state index contributed by atoms with van der Waals surface area (Å²) in [7, 11) is 8.68. The Morgan fingerprint density at radius 2 is 1.50 bits per heavy atom. The molecule has 0 heterocycles. The van der Waals surface area contributed by atoms with Crippen molar-refractivity contribution in [3.05, 3.63) is 42.0 Å². The van der Waals surface area contributed by atoms with Crippen molar-refractivity contribution in [2.45, 2.75) is 6.42 Å². The van der Waals surface area contributed by atoms with Gasteiger partial charge >= 0.3 is 0 Å². The predicted octanol–water partition coefficient (Wildman–Crippen LogP) is 3.33. The molecule has 0 radical (unpaired) electrons. The SMILES string of the molecule is COc1cc(C(=O)Nc2ccc(NCCCN(C)C)cc2)cc(OC)c1OC. The van der Waals surface area contributed by atoms with Crippen molar-refractivity contribution in [1.82, 2.24) is 4.90 Å². The number of benzene rings is 2. The van der Waals surface area contributed by atoms with E-state index in [4.69, 9.17) is 14.2 Å². The highest BCUT2D eigenvalue weighted by Crippen LogP contribution is 2.38. The lowest BCUT2D eigenvalue weighted by molar-refractivity contribution is 0.102. The molecule has 1 amide bonds. The lowest BCUT2D eigenvalue weighted by Crippen LogP contribution is -2.16. The van der Waals surface area contributed by atoms with E-state index in [0.717, 1.165) is 25.2 Å². The molecule has 0 saturated carbocycles. The summed E-state index contributed by atoms with van der Waals surface area (Å²) in [4.78, 5) is 14.8. The lowest BCUT2D eigenvalue weighted by Gasteiger charge is -2.14. The third kappa shape index (κ3) is 5.79. The molecule has 2 rings (SSSR count). The third-order valence-electron chi connectivity index (χ3n) is 4.18. The van der Waals surface area contributed by atoms with Crippen LogP contribution >= 0.6 is 0 Å². The topological polar surface area (TPSA) is 72.1 Å². The summed E-state index contributed by atoms with van der Waals surface area (Å²) >= 11 is 0. The second-order valence-corrected chi connectivity index (χ2v) is 6.53. The van der Waals surface area contributed by atoms with Crippen LogP contribution in [0.5, 0.6) is 17.2 Å². The van der Waals surface area contributed by atoms with Crippen LogP contribution in [0.2, 0.25) is 0 Å². The van der Waals surface area contributed by atoms with Crippen molar-refractivity contribution in [2.24, 2.45) is 0 Å². The van der Waals surface area contributed by atoms with Gasteiger partial charge < -0.3 is 29.7 Å². The van der Waals surface area contributed by atoms with E-state index in [1.54, 1.807) is 12.1 Å². The van der Waals surface area contributed by atoms with Crippen LogP contribution in [0, 0.1) is 0 Å². The molecule has 0 aliphatic rings. The van der Waals surface area contributed by atoms with E-state index in [1.807, 2.05) is 24.3 Å². The zero-order valence-electron chi connectivity index (χ0n) is 17.2.